The van der Waals surface area contributed by atoms with Crippen LogP contribution in [0.2, 0.25) is 0 Å². The normalized spacial score (nSPS) is 23.4. The van der Waals surface area contributed by atoms with Crippen molar-refractivity contribution in [2.24, 2.45) is 11.7 Å². The summed E-state index contributed by atoms with van der Waals surface area (Å²) in [7, 11) is 0. The molecule has 2 atom stereocenters. The first-order valence-electron chi connectivity index (χ1n) is 6.01. The van der Waals surface area contributed by atoms with E-state index >= 15 is 0 Å². The van der Waals surface area contributed by atoms with E-state index in [2.05, 4.69) is 27.8 Å². The summed E-state index contributed by atoms with van der Waals surface area (Å²) in [5.74, 6) is 0.518. The SMILES string of the molecule is CC1CCN(c2ccc(C(N)=S)c(Br)c2)C1CO. The van der Waals surface area contributed by atoms with Gasteiger partial charge in [-0.25, -0.2) is 0 Å². The number of benzene rings is 1. The predicted octanol–water partition coefficient (Wildman–Crippen LogP) is 2.29. The molecule has 0 bridgehead atoms. The molecule has 0 aliphatic carbocycles. The summed E-state index contributed by atoms with van der Waals surface area (Å²) in [6.45, 7) is 3.35. The zero-order valence-electron chi connectivity index (χ0n) is 10.3. The quantitative estimate of drug-likeness (QED) is 0.836. The smallest absolute Gasteiger partial charge is 0.105 e. The lowest BCUT2D eigenvalue weighted by molar-refractivity contribution is 0.245. The molecule has 1 aliphatic heterocycles. The molecule has 0 amide bonds. The van der Waals surface area contributed by atoms with Crippen molar-refractivity contribution in [3.8, 4) is 0 Å². The maximum atomic E-state index is 9.49. The Morgan fingerprint density at radius 3 is 2.89 bits per heavy atom. The Hall–Kier alpha value is -0.650. The number of rotatable bonds is 3. The minimum atomic E-state index is 0.190. The van der Waals surface area contributed by atoms with Crippen molar-refractivity contribution < 1.29 is 5.11 Å². The zero-order valence-corrected chi connectivity index (χ0v) is 12.7. The molecule has 1 aromatic rings. The van der Waals surface area contributed by atoms with Gasteiger partial charge in [0.15, 0.2) is 0 Å². The van der Waals surface area contributed by atoms with E-state index in [-0.39, 0.29) is 12.6 Å². The van der Waals surface area contributed by atoms with Gasteiger partial charge in [-0.05, 0) is 46.5 Å². The molecule has 1 fully saturated rings. The lowest BCUT2D eigenvalue weighted by atomic mass is 10.0. The minimum Gasteiger partial charge on any atom is -0.394 e. The third kappa shape index (κ3) is 2.53. The summed E-state index contributed by atoms with van der Waals surface area (Å²) in [5, 5.41) is 9.49. The average Bonchev–Trinajstić information content (AvgIpc) is 2.69. The maximum absolute atomic E-state index is 9.49. The number of aliphatic hydroxyl groups is 1. The van der Waals surface area contributed by atoms with Gasteiger partial charge < -0.3 is 15.7 Å². The Bertz CT molecular complexity index is 466. The van der Waals surface area contributed by atoms with Crippen molar-refractivity contribution in [1.29, 1.82) is 0 Å². The van der Waals surface area contributed by atoms with E-state index in [0.29, 0.717) is 10.9 Å². The van der Waals surface area contributed by atoms with Crippen LogP contribution in [0, 0.1) is 5.92 Å². The highest BCUT2D eigenvalue weighted by atomic mass is 79.9. The molecule has 0 aromatic heterocycles. The van der Waals surface area contributed by atoms with Crippen LogP contribution in [0.5, 0.6) is 0 Å². The van der Waals surface area contributed by atoms with E-state index in [1.54, 1.807) is 0 Å². The van der Waals surface area contributed by atoms with Gasteiger partial charge in [0.25, 0.3) is 0 Å². The van der Waals surface area contributed by atoms with Crippen LogP contribution >= 0.6 is 28.1 Å². The number of thiocarbonyl (C=S) groups is 1. The monoisotopic (exact) mass is 328 g/mol. The Morgan fingerprint density at radius 1 is 1.61 bits per heavy atom. The predicted molar refractivity (Wildman–Crippen MR) is 82.0 cm³/mol. The molecular formula is C13H17BrN2OS. The van der Waals surface area contributed by atoms with Crippen LogP contribution in [-0.4, -0.2) is 29.3 Å². The van der Waals surface area contributed by atoms with Crippen molar-refractivity contribution in [3.05, 3.63) is 28.2 Å². The van der Waals surface area contributed by atoms with Gasteiger partial charge in [0.05, 0.1) is 12.6 Å². The van der Waals surface area contributed by atoms with Crippen LogP contribution in [0.4, 0.5) is 5.69 Å². The number of nitrogens with two attached hydrogens (primary N) is 1. The fraction of sp³-hybridized carbons (Fsp3) is 0.462. The molecule has 5 heteroatoms. The van der Waals surface area contributed by atoms with Crippen molar-refractivity contribution in [2.45, 2.75) is 19.4 Å². The summed E-state index contributed by atoms with van der Waals surface area (Å²) >= 11 is 8.48. The second kappa shape index (κ2) is 5.55. The van der Waals surface area contributed by atoms with Crippen LogP contribution in [0.3, 0.4) is 0 Å². The van der Waals surface area contributed by atoms with Crippen molar-refractivity contribution in [3.63, 3.8) is 0 Å². The number of halogens is 1. The van der Waals surface area contributed by atoms with Gasteiger partial charge in [-0.2, -0.15) is 0 Å². The molecule has 1 saturated heterocycles. The van der Waals surface area contributed by atoms with Crippen molar-refractivity contribution >= 4 is 38.8 Å². The molecule has 1 aliphatic rings. The fourth-order valence-electron chi connectivity index (χ4n) is 2.49. The van der Waals surface area contributed by atoms with E-state index in [1.165, 1.54) is 0 Å². The van der Waals surface area contributed by atoms with Crippen LogP contribution in [0.25, 0.3) is 0 Å². The van der Waals surface area contributed by atoms with Crippen LogP contribution < -0.4 is 10.6 Å². The number of aliphatic hydroxyl groups excluding tert-OH is 1. The Labute approximate surface area is 121 Å². The van der Waals surface area contributed by atoms with Crippen LogP contribution in [0.1, 0.15) is 18.9 Å². The van der Waals surface area contributed by atoms with Gasteiger partial charge in [-0.15, -0.1) is 0 Å². The van der Waals surface area contributed by atoms with E-state index < -0.39 is 0 Å². The van der Waals surface area contributed by atoms with Crippen LogP contribution in [0.15, 0.2) is 22.7 Å². The molecule has 3 N–H and O–H groups in total. The highest BCUT2D eigenvalue weighted by molar-refractivity contribution is 9.10. The lowest BCUT2D eigenvalue weighted by Gasteiger charge is -2.27. The standard InChI is InChI=1S/C13H17BrN2OS/c1-8-4-5-16(12(8)7-17)9-2-3-10(13(15)18)11(14)6-9/h2-3,6,8,12,17H,4-5,7H2,1H3,(H2,15,18). The first-order chi connectivity index (χ1) is 8.54. The Kier molecular flexibility index (Phi) is 4.25. The van der Waals surface area contributed by atoms with E-state index in [0.717, 1.165) is 28.7 Å². The second-order valence-electron chi connectivity index (χ2n) is 4.74. The summed E-state index contributed by atoms with van der Waals surface area (Å²) < 4.78 is 0.906. The minimum absolute atomic E-state index is 0.190. The molecule has 0 radical (unpaired) electrons. The van der Waals surface area contributed by atoms with Crippen molar-refractivity contribution in [2.75, 3.05) is 18.1 Å². The largest absolute Gasteiger partial charge is 0.394 e. The Morgan fingerprint density at radius 2 is 2.33 bits per heavy atom. The fourth-order valence-corrected chi connectivity index (χ4v) is 3.38. The van der Waals surface area contributed by atoms with Gasteiger partial charge in [0.2, 0.25) is 0 Å². The molecule has 98 valence electrons. The maximum Gasteiger partial charge on any atom is 0.105 e. The topological polar surface area (TPSA) is 49.5 Å². The van der Waals surface area contributed by atoms with Gasteiger partial charge in [-0.3, -0.25) is 0 Å². The zero-order chi connectivity index (χ0) is 13.3. The van der Waals surface area contributed by atoms with Gasteiger partial charge >= 0.3 is 0 Å². The number of hydrogen-bond acceptors (Lipinski definition) is 3. The molecule has 2 rings (SSSR count). The summed E-state index contributed by atoms with van der Waals surface area (Å²) in [4.78, 5) is 2.64. The highest BCUT2D eigenvalue weighted by Crippen LogP contribution is 2.32. The number of anilines is 1. The number of hydrogen-bond donors (Lipinski definition) is 2. The third-order valence-electron chi connectivity index (χ3n) is 3.62. The summed E-state index contributed by atoms with van der Waals surface area (Å²) in [5.41, 5.74) is 7.59. The van der Waals surface area contributed by atoms with E-state index in [4.69, 9.17) is 18.0 Å². The number of nitrogens with zero attached hydrogens (tertiary/aromatic N) is 1. The Balaban J connectivity index is 2.29. The molecule has 3 nitrogen and oxygen atoms in total. The molecule has 0 saturated carbocycles. The van der Waals surface area contributed by atoms with Gasteiger partial charge in [-0.1, -0.05) is 19.1 Å². The summed E-state index contributed by atoms with van der Waals surface area (Å²) in [6, 6.07) is 6.17. The second-order valence-corrected chi connectivity index (χ2v) is 6.03. The molecule has 1 aromatic carbocycles. The molecule has 18 heavy (non-hydrogen) atoms. The van der Waals surface area contributed by atoms with Crippen LogP contribution in [-0.2, 0) is 0 Å². The van der Waals surface area contributed by atoms with E-state index in [1.807, 2.05) is 18.2 Å². The van der Waals surface area contributed by atoms with Gasteiger partial charge in [0, 0.05) is 22.3 Å². The molecule has 1 heterocycles. The van der Waals surface area contributed by atoms with Gasteiger partial charge in [0.1, 0.15) is 4.99 Å². The van der Waals surface area contributed by atoms with E-state index in [9.17, 15) is 5.11 Å². The average molecular weight is 329 g/mol. The highest BCUT2D eigenvalue weighted by Gasteiger charge is 2.30. The third-order valence-corrected chi connectivity index (χ3v) is 4.50. The lowest BCUT2D eigenvalue weighted by Crippen LogP contribution is -2.35. The molecule has 0 spiro atoms. The first-order valence-corrected chi connectivity index (χ1v) is 7.21. The summed E-state index contributed by atoms with van der Waals surface area (Å²) in [6.07, 6.45) is 1.11. The molecular weight excluding hydrogens is 312 g/mol. The first kappa shape index (κ1) is 13.8. The molecule has 2 unspecified atom stereocenters. The van der Waals surface area contributed by atoms with Crippen molar-refractivity contribution in [1.82, 2.24) is 0 Å².